The van der Waals surface area contributed by atoms with E-state index in [1.165, 1.54) is 25.3 Å². The second kappa shape index (κ2) is 5.70. The van der Waals surface area contributed by atoms with Crippen molar-refractivity contribution in [2.75, 3.05) is 0 Å². The Morgan fingerprint density at radius 1 is 1.53 bits per heavy atom. The molecule has 1 aromatic carbocycles. The number of hydrogen-bond donors (Lipinski definition) is 1. The first-order chi connectivity index (χ1) is 9.02. The highest BCUT2D eigenvalue weighted by Gasteiger charge is 2.32. The predicted molar refractivity (Wildman–Crippen MR) is 76.0 cm³/mol. The third-order valence-corrected chi connectivity index (χ3v) is 4.24. The highest BCUT2D eigenvalue weighted by Crippen LogP contribution is 2.35. The van der Waals surface area contributed by atoms with E-state index in [0.29, 0.717) is 5.92 Å². The number of benzene rings is 1. The first kappa shape index (κ1) is 14.0. The van der Waals surface area contributed by atoms with Crippen LogP contribution in [0.4, 0.5) is 5.69 Å². The topological polar surface area (TPSA) is 69.2 Å². The van der Waals surface area contributed by atoms with E-state index in [4.69, 9.17) is 5.73 Å². The number of nitro groups is 1. The average molecular weight is 262 g/mol. The van der Waals surface area contributed by atoms with Crippen LogP contribution < -0.4 is 5.73 Å². The van der Waals surface area contributed by atoms with Crippen LogP contribution in [-0.2, 0) is 6.42 Å². The molecule has 1 aliphatic carbocycles. The standard InChI is InChI=1S/C15H22N2O2/c1-2-12-6-4-8-15(16,10-12)11-13-5-3-7-14(9-13)17(18)19/h3,5,7,9,12H,2,4,6,8,10-11,16H2,1H3. The van der Waals surface area contributed by atoms with Crippen molar-refractivity contribution < 1.29 is 4.92 Å². The molecule has 0 saturated heterocycles. The molecule has 2 rings (SSSR count). The van der Waals surface area contributed by atoms with E-state index in [0.717, 1.165) is 24.8 Å². The van der Waals surface area contributed by atoms with Gasteiger partial charge < -0.3 is 5.73 Å². The Hall–Kier alpha value is -1.42. The molecule has 0 heterocycles. The Morgan fingerprint density at radius 3 is 3.00 bits per heavy atom. The molecular formula is C15H22N2O2. The lowest BCUT2D eigenvalue weighted by Crippen LogP contribution is -2.46. The zero-order valence-electron chi connectivity index (χ0n) is 11.5. The molecule has 104 valence electrons. The highest BCUT2D eigenvalue weighted by atomic mass is 16.6. The Kier molecular flexibility index (Phi) is 4.20. The number of rotatable bonds is 4. The molecule has 0 aliphatic heterocycles. The molecule has 1 fully saturated rings. The number of non-ortho nitro benzene ring substituents is 1. The molecule has 0 aromatic heterocycles. The summed E-state index contributed by atoms with van der Waals surface area (Å²) in [4.78, 5) is 10.5. The lowest BCUT2D eigenvalue weighted by molar-refractivity contribution is -0.384. The molecular weight excluding hydrogens is 240 g/mol. The summed E-state index contributed by atoms with van der Waals surface area (Å²) in [5, 5.41) is 10.8. The van der Waals surface area contributed by atoms with E-state index in [2.05, 4.69) is 6.92 Å². The second-order valence-corrected chi connectivity index (χ2v) is 5.84. The second-order valence-electron chi connectivity index (χ2n) is 5.84. The normalized spacial score (nSPS) is 27.2. The minimum atomic E-state index is -0.345. The summed E-state index contributed by atoms with van der Waals surface area (Å²) >= 11 is 0. The minimum Gasteiger partial charge on any atom is -0.325 e. The van der Waals surface area contributed by atoms with Crippen LogP contribution in [0.25, 0.3) is 0 Å². The van der Waals surface area contributed by atoms with Gasteiger partial charge in [-0.3, -0.25) is 10.1 Å². The Morgan fingerprint density at radius 2 is 2.32 bits per heavy atom. The van der Waals surface area contributed by atoms with Gasteiger partial charge in [0.05, 0.1) is 4.92 Å². The first-order valence-electron chi connectivity index (χ1n) is 7.04. The maximum Gasteiger partial charge on any atom is 0.269 e. The largest absolute Gasteiger partial charge is 0.325 e. The van der Waals surface area contributed by atoms with Gasteiger partial charge in [0, 0.05) is 17.7 Å². The molecule has 4 nitrogen and oxygen atoms in total. The molecule has 0 bridgehead atoms. The van der Waals surface area contributed by atoms with Crippen molar-refractivity contribution in [2.24, 2.45) is 11.7 Å². The average Bonchev–Trinajstić information content (AvgIpc) is 2.38. The minimum absolute atomic E-state index is 0.156. The molecule has 0 spiro atoms. The summed E-state index contributed by atoms with van der Waals surface area (Å²) in [6.45, 7) is 2.21. The van der Waals surface area contributed by atoms with Crippen LogP contribution in [-0.4, -0.2) is 10.5 Å². The van der Waals surface area contributed by atoms with Gasteiger partial charge in [0.1, 0.15) is 0 Å². The molecule has 2 N–H and O–H groups in total. The molecule has 0 radical (unpaired) electrons. The van der Waals surface area contributed by atoms with Gasteiger partial charge in [-0.05, 0) is 30.7 Å². The monoisotopic (exact) mass is 262 g/mol. The maximum atomic E-state index is 10.8. The van der Waals surface area contributed by atoms with Crippen LogP contribution in [0.3, 0.4) is 0 Å². The fraction of sp³-hybridized carbons (Fsp3) is 0.600. The van der Waals surface area contributed by atoms with E-state index < -0.39 is 0 Å². The lowest BCUT2D eigenvalue weighted by Gasteiger charge is -2.38. The van der Waals surface area contributed by atoms with Crippen molar-refractivity contribution in [3.05, 3.63) is 39.9 Å². The van der Waals surface area contributed by atoms with Gasteiger partial charge in [-0.2, -0.15) is 0 Å². The van der Waals surface area contributed by atoms with Crippen molar-refractivity contribution in [3.8, 4) is 0 Å². The summed E-state index contributed by atoms with van der Waals surface area (Å²) in [5.41, 5.74) is 7.46. The Balaban J connectivity index is 2.11. The maximum absolute atomic E-state index is 10.8. The van der Waals surface area contributed by atoms with Gasteiger partial charge in [0.2, 0.25) is 0 Å². The van der Waals surface area contributed by atoms with Crippen LogP contribution in [0.1, 0.15) is 44.6 Å². The molecule has 2 atom stereocenters. The van der Waals surface area contributed by atoms with Crippen molar-refractivity contribution in [2.45, 2.75) is 51.0 Å². The molecule has 19 heavy (non-hydrogen) atoms. The molecule has 1 saturated carbocycles. The third-order valence-electron chi connectivity index (χ3n) is 4.24. The van der Waals surface area contributed by atoms with Gasteiger partial charge in [-0.1, -0.05) is 38.3 Å². The lowest BCUT2D eigenvalue weighted by atomic mass is 9.72. The molecule has 4 heteroatoms. The number of nitro benzene ring substituents is 1. The number of nitrogens with two attached hydrogens (primary N) is 1. The first-order valence-corrected chi connectivity index (χ1v) is 7.04. The van der Waals surface area contributed by atoms with Gasteiger partial charge >= 0.3 is 0 Å². The van der Waals surface area contributed by atoms with Crippen LogP contribution in [0.2, 0.25) is 0 Å². The molecule has 1 aromatic rings. The summed E-state index contributed by atoms with van der Waals surface area (Å²) in [5.74, 6) is 0.706. The quantitative estimate of drug-likeness (QED) is 0.667. The fourth-order valence-electron chi connectivity index (χ4n) is 3.22. The van der Waals surface area contributed by atoms with E-state index in [-0.39, 0.29) is 16.1 Å². The van der Waals surface area contributed by atoms with Crippen LogP contribution >= 0.6 is 0 Å². The highest BCUT2D eigenvalue weighted by molar-refractivity contribution is 5.35. The van der Waals surface area contributed by atoms with E-state index in [1.54, 1.807) is 12.1 Å². The molecule has 0 amide bonds. The molecule has 2 unspecified atom stereocenters. The SMILES string of the molecule is CCC1CCCC(N)(Cc2cccc([N+](=O)[O-])c2)C1. The summed E-state index contributed by atoms with van der Waals surface area (Å²) in [6.07, 6.45) is 6.41. The van der Waals surface area contributed by atoms with E-state index >= 15 is 0 Å². The zero-order valence-corrected chi connectivity index (χ0v) is 11.5. The van der Waals surface area contributed by atoms with Crippen molar-refractivity contribution in [1.82, 2.24) is 0 Å². The van der Waals surface area contributed by atoms with Crippen molar-refractivity contribution in [3.63, 3.8) is 0 Å². The van der Waals surface area contributed by atoms with E-state index in [9.17, 15) is 10.1 Å². The van der Waals surface area contributed by atoms with Gasteiger partial charge in [-0.15, -0.1) is 0 Å². The van der Waals surface area contributed by atoms with Gasteiger partial charge in [0.25, 0.3) is 5.69 Å². The summed E-state index contributed by atoms with van der Waals surface area (Å²) < 4.78 is 0. The van der Waals surface area contributed by atoms with Crippen LogP contribution in [0.5, 0.6) is 0 Å². The molecule has 1 aliphatic rings. The summed E-state index contributed by atoms with van der Waals surface area (Å²) in [6, 6.07) is 6.88. The van der Waals surface area contributed by atoms with Gasteiger partial charge in [0.15, 0.2) is 0 Å². The van der Waals surface area contributed by atoms with E-state index in [1.807, 2.05) is 6.07 Å². The number of hydrogen-bond acceptors (Lipinski definition) is 3. The van der Waals surface area contributed by atoms with Gasteiger partial charge in [-0.25, -0.2) is 0 Å². The number of nitrogens with zero attached hydrogens (tertiary/aromatic N) is 1. The predicted octanol–water partition coefficient (Wildman–Crippen LogP) is 3.44. The zero-order chi connectivity index (χ0) is 13.9. The van der Waals surface area contributed by atoms with Crippen molar-refractivity contribution >= 4 is 5.69 Å². The smallest absolute Gasteiger partial charge is 0.269 e. The Labute approximate surface area is 114 Å². The van der Waals surface area contributed by atoms with Crippen LogP contribution in [0.15, 0.2) is 24.3 Å². The fourth-order valence-corrected chi connectivity index (χ4v) is 3.22. The van der Waals surface area contributed by atoms with Crippen molar-refractivity contribution in [1.29, 1.82) is 0 Å². The Bertz CT molecular complexity index is 461. The summed E-state index contributed by atoms with van der Waals surface area (Å²) in [7, 11) is 0. The third kappa shape index (κ3) is 3.53. The van der Waals surface area contributed by atoms with Crippen LogP contribution in [0, 0.1) is 16.0 Å².